The van der Waals surface area contributed by atoms with Gasteiger partial charge in [-0.05, 0) is 44.8 Å². The van der Waals surface area contributed by atoms with Gasteiger partial charge in [0.25, 0.3) is 0 Å². The minimum Gasteiger partial charge on any atom is -0.237 e. The van der Waals surface area contributed by atoms with Crippen molar-refractivity contribution in [2.24, 2.45) is 0 Å². The molecule has 0 amide bonds. The van der Waals surface area contributed by atoms with Gasteiger partial charge in [0.05, 0.1) is 0 Å². The topological polar surface area (TPSA) is 51.6 Å². The Morgan fingerprint density at radius 1 is 0.562 bits per heavy atom. The Morgan fingerprint density at radius 2 is 0.938 bits per heavy atom. The molecule has 0 bridgehead atoms. The maximum atomic E-state index is 4.73. The van der Waals surface area contributed by atoms with Crippen LogP contribution in [0.1, 0.15) is 29.7 Å². The third-order valence-corrected chi connectivity index (χ3v) is 10.8. The molecule has 0 radical (unpaired) electrons. The van der Waals surface area contributed by atoms with Gasteiger partial charge in [-0.1, -0.05) is 80.2 Å². The summed E-state index contributed by atoms with van der Waals surface area (Å²) in [5, 5.41) is 2.52. The van der Waals surface area contributed by atoms with E-state index in [-0.39, 0.29) is 0 Å². The maximum absolute atomic E-state index is 4.73. The van der Waals surface area contributed by atoms with E-state index in [9.17, 15) is 0 Å². The summed E-state index contributed by atoms with van der Waals surface area (Å²) in [6, 6.07) is 26.0. The minimum atomic E-state index is -2.28. The lowest BCUT2D eigenvalue weighted by Gasteiger charge is -2.27. The van der Waals surface area contributed by atoms with Crippen LogP contribution in [0, 0.1) is 0 Å². The highest BCUT2D eigenvalue weighted by atomic mass is 28.3. The van der Waals surface area contributed by atoms with E-state index in [4.69, 9.17) is 19.9 Å². The highest BCUT2D eigenvalue weighted by molar-refractivity contribution is 7.13. The Bertz CT molecular complexity index is 1190. The summed E-state index contributed by atoms with van der Waals surface area (Å²) in [5.41, 5.74) is 4.77. The first-order valence-corrected chi connectivity index (χ1v) is 13.6. The molecule has 1 aliphatic rings. The van der Waals surface area contributed by atoms with E-state index in [1.54, 1.807) is 0 Å². The van der Waals surface area contributed by atoms with Gasteiger partial charge >= 0.3 is 0 Å². The second kappa shape index (κ2) is 8.44. The molecular formula is C27H24N4Si. The Hall–Kier alpha value is -3.70. The molecular weight excluding hydrogens is 408 g/mol. The number of nitrogens with zero attached hydrogens (tertiary/aromatic N) is 4. The van der Waals surface area contributed by atoms with E-state index < -0.39 is 8.07 Å². The Kier molecular flexibility index (Phi) is 5.33. The van der Waals surface area contributed by atoms with Crippen molar-refractivity contribution in [3.05, 3.63) is 120 Å². The molecule has 32 heavy (non-hydrogen) atoms. The summed E-state index contributed by atoms with van der Waals surface area (Å²) < 4.78 is 0. The third kappa shape index (κ3) is 3.31. The fourth-order valence-corrected chi connectivity index (χ4v) is 8.49. The number of hydrogen-bond donors (Lipinski definition) is 0. The summed E-state index contributed by atoms with van der Waals surface area (Å²) in [6.07, 6.45) is 7.34. The molecule has 0 atom stereocenters. The zero-order valence-corrected chi connectivity index (χ0v) is 19.2. The van der Waals surface area contributed by atoms with Gasteiger partial charge in [-0.2, -0.15) is 0 Å². The van der Waals surface area contributed by atoms with Crippen LogP contribution in [0.4, 0.5) is 0 Å². The molecule has 4 nitrogen and oxygen atoms in total. The van der Waals surface area contributed by atoms with Crippen molar-refractivity contribution in [3.63, 3.8) is 0 Å². The second-order valence-electron chi connectivity index (χ2n) is 8.06. The molecule has 0 spiro atoms. The number of aromatic nitrogens is 4. The van der Waals surface area contributed by atoms with Gasteiger partial charge in [-0.25, -0.2) is 19.9 Å². The molecule has 0 fully saturated rings. The Morgan fingerprint density at radius 3 is 1.28 bits per heavy atom. The first-order valence-electron chi connectivity index (χ1n) is 10.9. The quantitative estimate of drug-likeness (QED) is 0.364. The van der Waals surface area contributed by atoms with Gasteiger partial charge in [0.1, 0.15) is 8.07 Å². The highest BCUT2D eigenvalue weighted by Crippen LogP contribution is 2.55. The average Bonchev–Trinajstić information content (AvgIpc) is 3.16. The highest BCUT2D eigenvalue weighted by Gasteiger charge is 2.48. The van der Waals surface area contributed by atoms with Gasteiger partial charge in [-0.3, -0.25) is 0 Å². The van der Waals surface area contributed by atoms with Crippen LogP contribution in [0.25, 0.3) is 21.5 Å². The molecule has 5 rings (SSSR count). The van der Waals surface area contributed by atoms with Crippen LogP contribution in [0.2, 0.25) is 12.6 Å². The van der Waals surface area contributed by atoms with E-state index >= 15 is 0 Å². The lowest BCUT2D eigenvalue weighted by molar-refractivity contribution is 1.12. The predicted octanol–water partition coefficient (Wildman–Crippen LogP) is 5.98. The molecule has 5 heteroatoms. The molecule has 0 unspecified atom stereocenters. The summed E-state index contributed by atoms with van der Waals surface area (Å²) >= 11 is 0. The second-order valence-corrected chi connectivity index (χ2v) is 12.4. The standard InChI is InChI=1S/C27H24N4Si/c1-3-32(2)24(26-28-16-10-17-29-26)22(20-12-6-4-7-13-20)23(21-14-8-5-9-15-21)25(32)27-30-18-11-19-31-27/h4-19H,3H2,1-2H3. The number of hydrogen-bond acceptors (Lipinski definition) is 4. The molecule has 1 aliphatic heterocycles. The molecule has 3 heterocycles. The number of benzene rings is 2. The van der Waals surface area contributed by atoms with Crippen LogP contribution in [0.3, 0.4) is 0 Å². The van der Waals surface area contributed by atoms with Gasteiger partial charge in [0, 0.05) is 24.8 Å². The smallest absolute Gasteiger partial charge is 0.151 e. The van der Waals surface area contributed by atoms with E-state index in [0.29, 0.717) is 0 Å². The van der Waals surface area contributed by atoms with Crippen LogP contribution in [0.15, 0.2) is 97.6 Å². The van der Waals surface area contributed by atoms with Crippen molar-refractivity contribution in [2.45, 2.75) is 19.5 Å². The average molecular weight is 433 g/mol. The largest absolute Gasteiger partial charge is 0.237 e. The van der Waals surface area contributed by atoms with Gasteiger partial charge in [-0.15, -0.1) is 0 Å². The van der Waals surface area contributed by atoms with E-state index in [1.807, 2.05) is 36.9 Å². The fourth-order valence-electron chi connectivity index (χ4n) is 4.64. The van der Waals surface area contributed by atoms with Crippen LogP contribution in [-0.4, -0.2) is 28.0 Å². The number of allylic oxidation sites excluding steroid dienone is 2. The Balaban J connectivity index is 1.94. The predicted molar refractivity (Wildman–Crippen MR) is 133 cm³/mol. The normalized spacial score (nSPS) is 15.3. The van der Waals surface area contributed by atoms with Crippen molar-refractivity contribution in [2.75, 3.05) is 0 Å². The summed E-state index contributed by atoms with van der Waals surface area (Å²) in [4.78, 5) is 18.9. The summed E-state index contributed by atoms with van der Waals surface area (Å²) in [6.45, 7) is 4.68. The molecule has 156 valence electrons. The van der Waals surface area contributed by atoms with Crippen molar-refractivity contribution in [1.82, 2.24) is 19.9 Å². The lowest BCUT2D eigenvalue weighted by atomic mass is 9.91. The van der Waals surface area contributed by atoms with E-state index in [1.165, 1.54) is 32.7 Å². The fraction of sp³-hybridized carbons (Fsp3) is 0.111. The van der Waals surface area contributed by atoms with Crippen LogP contribution in [0.5, 0.6) is 0 Å². The van der Waals surface area contributed by atoms with E-state index in [0.717, 1.165) is 17.7 Å². The first-order chi connectivity index (χ1) is 15.7. The molecule has 2 aromatic heterocycles. The van der Waals surface area contributed by atoms with Crippen LogP contribution >= 0.6 is 0 Å². The SMILES string of the molecule is CC[Si]1(C)C(c2ncccn2)=C(c2ccccc2)C(c2ccccc2)=C1c1ncccn1. The van der Waals surface area contributed by atoms with Crippen molar-refractivity contribution >= 4 is 29.6 Å². The summed E-state index contributed by atoms with van der Waals surface area (Å²) in [7, 11) is -2.28. The first kappa shape index (κ1) is 20.2. The van der Waals surface area contributed by atoms with Crippen molar-refractivity contribution < 1.29 is 0 Å². The molecule has 0 saturated carbocycles. The monoisotopic (exact) mass is 432 g/mol. The number of rotatable bonds is 5. The molecule has 0 saturated heterocycles. The van der Waals surface area contributed by atoms with Gasteiger partial charge in [0.15, 0.2) is 11.6 Å². The Labute approximate surface area is 189 Å². The zero-order valence-electron chi connectivity index (χ0n) is 18.2. The minimum absolute atomic E-state index is 0.807. The van der Waals surface area contributed by atoms with Crippen LogP contribution in [-0.2, 0) is 0 Å². The molecule has 2 aromatic carbocycles. The molecule has 4 aromatic rings. The van der Waals surface area contributed by atoms with E-state index in [2.05, 4.69) is 74.1 Å². The maximum Gasteiger partial charge on any atom is 0.151 e. The molecule has 0 aliphatic carbocycles. The zero-order chi connectivity index (χ0) is 22.0. The van der Waals surface area contributed by atoms with Gasteiger partial charge in [0.2, 0.25) is 0 Å². The third-order valence-electron chi connectivity index (χ3n) is 6.26. The van der Waals surface area contributed by atoms with Crippen molar-refractivity contribution in [3.8, 4) is 0 Å². The van der Waals surface area contributed by atoms with Crippen molar-refractivity contribution in [1.29, 1.82) is 0 Å². The lowest BCUT2D eigenvalue weighted by Crippen LogP contribution is -2.33. The van der Waals surface area contributed by atoms with Crippen LogP contribution < -0.4 is 0 Å². The summed E-state index contributed by atoms with van der Waals surface area (Å²) in [5.74, 6) is 1.61. The van der Waals surface area contributed by atoms with Gasteiger partial charge < -0.3 is 0 Å². The molecule has 0 N–H and O–H groups in total.